The molecule has 0 saturated heterocycles. The summed E-state index contributed by atoms with van der Waals surface area (Å²) in [5, 5.41) is 0. The third kappa shape index (κ3) is 5.05. The van der Waals surface area contributed by atoms with Crippen LogP contribution in [-0.2, 0) is 9.59 Å². The summed E-state index contributed by atoms with van der Waals surface area (Å²) in [7, 11) is 0. The minimum absolute atomic E-state index is 0.126. The molecule has 4 heteroatoms. The molecule has 0 heterocycles. The van der Waals surface area contributed by atoms with Crippen molar-refractivity contribution in [3.05, 3.63) is 60.7 Å². The van der Waals surface area contributed by atoms with Crippen LogP contribution in [0.1, 0.15) is 27.2 Å². The highest BCUT2D eigenvalue weighted by atomic mass is 16.5. The minimum Gasteiger partial charge on any atom is -0.426 e. The number of hydrogen-bond acceptors (Lipinski definition) is 4. The fraction of sp³-hybridized carbons (Fsp3) is 0.238. The molecule has 0 N–H and O–H groups in total. The maximum Gasteiger partial charge on any atom is 0.338 e. The van der Waals surface area contributed by atoms with Crippen LogP contribution in [0.15, 0.2) is 60.7 Å². The van der Waals surface area contributed by atoms with Crippen LogP contribution < -0.4 is 9.47 Å². The lowest BCUT2D eigenvalue weighted by molar-refractivity contribution is -0.138. The number of carbonyl (C=O) groups is 2. The molecule has 1 atom stereocenters. The summed E-state index contributed by atoms with van der Waals surface area (Å²) < 4.78 is 10.6. The number of rotatable bonds is 6. The number of esters is 2. The second-order valence-corrected chi connectivity index (χ2v) is 5.95. The molecule has 0 fully saturated rings. The average Bonchev–Trinajstić information content (AvgIpc) is 2.61. The molecule has 2 aromatic carbocycles. The molecule has 0 aromatic heterocycles. The second-order valence-electron chi connectivity index (χ2n) is 5.95. The quantitative estimate of drug-likeness (QED) is 0.432. The van der Waals surface area contributed by atoms with Crippen molar-refractivity contribution in [2.45, 2.75) is 27.2 Å². The van der Waals surface area contributed by atoms with Crippen LogP contribution in [0.25, 0.3) is 11.1 Å². The SMILES string of the molecule is C=C(C)C(=O)Oc1cccc(-c2ccc(OC(=O)C(C)CC)cc2)c1. The van der Waals surface area contributed by atoms with Gasteiger partial charge in [-0.1, -0.05) is 44.7 Å². The van der Waals surface area contributed by atoms with E-state index in [0.717, 1.165) is 17.5 Å². The molecule has 1 unspecified atom stereocenters. The van der Waals surface area contributed by atoms with E-state index < -0.39 is 5.97 Å². The summed E-state index contributed by atoms with van der Waals surface area (Å²) in [5.74, 6) is 0.157. The first-order valence-corrected chi connectivity index (χ1v) is 8.20. The maximum absolute atomic E-state index is 11.8. The Kier molecular flexibility index (Phi) is 6.12. The summed E-state index contributed by atoms with van der Waals surface area (Å²) in [6.45, 7) is 8.96. The fourth-order valence-electron chi connectivity index (χ4n) is 2.03. The molecule has 0 amide bonds. The number of ether oxygens (including phenoxy) is 2. The van der Waals surface area contributed by atoms with Crippen LogP contribution in [0.3, 0.4) is 0 Å². The molecule has 25 heavy (non-hydrogen) atoms. The van der Waals surface area contributed by atoms with E-state index in [2.05, 4.69) is 6.58 Å². The van der Waals surface area contributed by atoms with E-state index in [1.807, 2.05) is 38.1 Å². The van der Waals surface area contributed by atoms with Gasteiger partial charge in [0.1, 0.15) is 11.5 Å². The van der Waals surface area contributed by atoms with Crippen molar-refractivity contribution >= 4 is 11.9 Å². The van der Waals surface area contributed by atoms with Crippen molar-refractivity contribution in [1.29, 1.82) is 0 Å². The van der Waals surface area contributed by atoms with Crippen LogP contribution in [0.5, 0.6) is 11.5 Å². The normalized spacial score (nSPS) is 11.5. The van der Waals surface area contributed by atoms with Gasteiger partial charge >= 0.3 is 11.9 Å². The number of benzene rings is 2. The van der Waals surface area contributed by atoms with Gasteiger partial charge in [-0.25, -0.2) is 4.79 Å². The largest absolute Gasteiger partial charge is 0.426 e. The zero-order chi connectivity index (χ0) is 18.4. The van der Waals surface area contributed by atoms with Crippen LogP contribution >= 0.6 is 0 Å². The first kappa shape index (κ1) is 18.5. The van der Waals surface area contributed by atoms with Crippen LogP contribution in [0.4, 0.5) is 0 Å². The summed E-state index contributed by atoms with van der Waals surface area (Å²) in [4.78, 5) is 23.4. The first-order valence-electron chi connectivity index (χ1n) is 8.20. The molecule has 4 nitrogen and oxygen atoms in total. The minimum atomic E-state index is -0.454. The molecular formula is C21H22O4. The van der Waals surface area contributed by atoms with Gasteiger partial charge in [-0.2, -0.15) is 0 Å². The van der Waals surface area contributed by atoms with E-state index in [4.69, 9.17) is 9.47 Å². The summed E-state index contributed by atoms with van der Waals surface area (Å²) in [6, 6.07) is 14.4. The molecule has 0 spiro atoms. The van der Waals surface area contributed by atoms with Gasteiger partial charge in [-0.15, -0.1) is 0 Å². The fourth-order valence-corrected chi connectivity index (χ4v) is 2.03. The Hall–Kier alpha value is -2.88. The van der Waals surface area contributed by atoms with Gasteiger partial charge in [-0.3, -0.25) is 4.79 Å². The predicted octanol–water partition coefficient (Wildman–Crippen LogP) is 4.79. The summed E-state index contributed by atoms with van der Waals surface area (Å²) in [5.41, 5.74) is 2.17. The van der Waals surface area contributed by atoms with Gasteiger partial charge < -0.3 is 9.47 Å². The first-order chi connectivity index (χ1) is 11.9. The molecule has 0 aliphatic heterocycles. The lowest BCUT2D eigenvalue weighted by atomic mass is 10.1. The van der Waals surface area contributed by atoms with Gasteiger partial charge in [-0.05, 0) is 48.7 Å². The van der Waals surface area contributed by atoms with E-state index in [0.29, 0.717) is 17.1 Å². The van der Waals surface area contributed by atoms with Crippen molar-refractivity contribution in [3.8, 4) is 22.6 Å². The lowest BCUT2D eigenvalue weighted by Gasteiger charge is -2.10. The van der Waals surface area contributed by atoms with Crippen molar-refractivity contribution in [3.63, 3.8) is 0 Å². The number of carbonyl (C=O) groups excluding carboxylic acids is 2. The van der Waals surface area contributed by atoms with Gasteiger partial charge in [0.25, 0.3) is 0 Å². The van der Waals surface area contributed by atoms with Crippen molar-refractivity contribution in [1.82, 2.24) is 0 Å². The Morgan fingerprint density at radius 2 is 1.68 bits per heavy atom. The van der Waals surface area contributed by atoms with E-state index in [1.54, 1.807) is 31.2 Å². The van der Waals surface area contributed by atoms with E-state index >= 15 is 0 Å². The Morgan fingerprint density at radius 3 is 2.28 bits per heavy atom. The molecule has 2 rings (SSSR count). The van der Waals surface area contributed by atoms with Crippen molar-refractivity contribution in [2.75, 3.05) is 0 Å². The number of hydrogen-bond donors (Lipinski definition) is 0. The molecule has 130 valence electrons. The van der Waals surface area contributed by atoms with E-state index in [9.17, 15) is 9.59 Å². The Bertz CT molecular complexity index is 775. The zero-order valence-corrected chi connectivity index (χ0v) is 14.7. The standard InChI is InChI=1S/C21H22O4/c1-5-15(4)21(23)24-18-11-9-16(10-12-18)17-7-6-8-19(13-17)25-20(22)14(2)3/h6-13,15H,2,5H2,1,3-4H3. The molecule has 0 saturated carbocycles. The van der Waals surface area contributed by atoms with Crippen molar-refractivity contribution in [2.24, 2.45) is 5.92 Å². The molecule has 0 aliphatic carbocycles. The average molecular weight is 338 g/mol. The third-order valence-corrected chi connectivity index (χ3v) is 3.81. The molecule has 0 bridgehead atoms. The van der Waals surface area contributed by atoms with Gasteiger partial charge in [0.2, 0.25) is 0 Å². The zero-order valence-electron chi connectivity index (χ0n) is 14.7. The van der Waals surface area contributed by atoms with Gasteiger partial charge in [0.05, 0.1) is 5.92 Å². The highest BCUT2D eigenvalue weighted by Gasteiger charge is 2.13. The molecule has 0 aliphatic rings. The molecular weight excluding hydrogens is 316 g/mol. The highest BCUT2D eigenvalue weighted by Crippen LogP contribution is 2.26. The van der Waals surface area contributed by atoms with Crippen molar-refractivity contribution < 1.29 is 19.1 Å². The topological polar surface area (TPSA) is 52.6 Å². The predicted molar refractivity (Wildman–Crippen MR) is 97.4 cm³/mol. The monoisotopic (exact) mass is 338 g/mol. The van der Waals surface area contributed by atoms with Crippen LogP contribution in [0.2, 0.25) is 0 Å². The Morgan fingerprint density at radius 1 is 1.00 bits per heavy atom. The Labute approximate surface area is 148 Å². The van der Waals surface area contributed by atoms with Crippen LogP contribution in [-0.4, -0.2) is 11.9 Å². The summed E-state index contributed by atoms with van der Waals surface area (Å²) in [6.07, 6.45) is 0.743. The van der Waals surface area contributed by atoms with Gasteiger partial charge in [0, 0.05) is 5.57 Å². The smallest absolute Gasteiger partial charge is 0.338 e. The summed E-state index contributed by atoms with van der Waals surface area (Å²) >= 11 is 0. The molecule has 0 radical (unpaired) electrons. The maximum atomic E-state index is 11.8. The lowest BCUT2D eigenvalue weighted by Crippen LogP contribution is -2.16. The van der Waals surface area contributed by atoms with Gasteiger partial charge in [0.15, 0.2) is 0 Å². The molecule has 2 aromatic rings. The Balaban J connectivity index is 2.13. The van der Waals surface area contributed by atoms with E-state index in [1.165, 1.54) is 0 Å². The van der Waals surface area contributed by atoms with E-state index in [-0.39, 0.29) is 11.9 Å². The highest BCUT2D eigenvalue weighted by molar-refractivity contribution is 5.89. The van der Waals surface area contributed by atoms with Crippen LogP contribution in [0, 0.1) is 5.92 Å². The third-order valence-electron chi connectivity index (χ3n) is 3.81. The second kappa shape index (κ2) is 8.29.